The van der Waals surface area contributed by atoms with Crippen LogP contribution in [-0.2, 0) is 45.8 Å². The van der Waals surface area contributed by atoms with Crippen LogP contribution < -0.4 is 0 Å². The van der Waals surface area contributed by atoms with Gasteiger partial charge < -0.3 is 15.0 Å². The van der Waals surface area contributed by atoms with Gasteiger partial charge in [-0.05, 0) is 101 Å². The van der Waals surface area contributed by atoms with E-state index in [0.29, 0.717) is 0 Å². The molecule has 0 unspecified atom stereocenters. The molecule has 3 nitrogen and oxygen atoms in total. The molecule has 0 saturated carbocycles. The van der Waals surface area contributed by atoms with Crippen LogP contribution in [0.5, 0.6) is 0 Å². The molecule has 0 aliphatic carbocycles. The first-order valence-electron chi connectivity index (χ1n) is 23.0. The second kappa shape index (κ2) is 20.0. The molecule has 328 valence electrons. The first kappa shape index (κ1) is 44.7. The van der Waals surface area contributed by atoms with Crippen molar-refractivity contribution in [3.8, 4) is 67.2 Å². The monoisotopic (exact) mass is 1070 g/mol. The molecule has 0 amide bonds. The Morgan fingerprint density at radius 2 is 0.985 bits per heavy atom. The van der Waals surface area contributed by atoms with Crippen molar-refractivity contribution in [2.75, 3.05) is 0 Å². The van der Waals surface area contributed by atoms with Crippen LogP contribution in [0.2, 0.25) is 0 Å². The van der Waals surface area contributed by atoms with E-state index in [2.05, 4.69) is 206 Å². The predicted molar refractivity (Wildman–Crippen MR) is 279 cm³/mol. The van der Waals surface area contributed by atoms with Crippen molar-refractivity contribution >= 4 is 31.5 Å². The van der Waals surface area contributed by atoms with Gasteiger partial charge in [-0.3, -0.25) is 0 Å². The van der Waals surface area contributed by atoms with Gasteiger partial charge in [0.25, 0.3) is 0 Å². The number of aryl methyl sites for hydroxylation is 6. The molecule has 5 heteroatoms. The number of pyridine rings is 3. The van der Waals surface area contributed by atoms with E-state index in [4.69, 9.17) is 4.98 Å². The molecule has 0 aliphatic rings. The molecule has 0 fully saturated rings. The fraction of sp³-hybridized carbons (Fsp3) is 0.0952. The summed E-state index contributed by atoms with van der Waals surface area (Å²) < 4.78 is 2.58. The molecular weight excluding hydrogens is 1020 g/mol. The van der Waals surface area contributed by atoms with Crippen LogP contribution in [-0.4, -0.2) is 15.0 Å². The average Bonchev–Trinajstić information content (AvgIpc) is 3.76. The summed E-state index contributed by atoms with van der Waals surface area (Å²) in [5, 5.41) is 2.59. The van der Waals surface area contributed by atoms with Gasteiger partial charge in [0.1, 0.15) is 0 Å². The van der Waals surface area contributed by atoms with Gasteiger partial charge in [-0.15, -0.1) is 106 Å². The molecule has 0 spiro atoms. The van der Waals surface area contributed by atoms with E-state index < -0.39 is 0 Å². The second-order valence-corrected chi connectivity index (χ2v) is 18.5. The van der Waals surface area contributed by atoms with Gasteiger partial charge >= 0.3 is 20.1 Å². The Bertz CT molecular complexity index is 3400. The summed E-state index contributed by atoms with van der Waals surface area (Å²) >= 11 is 1.85. The van der Waals surface area contributed by atoms with Crippen molar-refractivity contribution in [2.24, 2.45) is 0 Å². The minimum absolute atomic E-state index is 0. The van der Waals surface area contributed by atoms with Crippen LogP contribution in [0.4, 0.5) is 0 Å². The molecule has 68 heavy (non-hydrogen) atoms. The zero-order chi connectivity index (χ0) is 45.1. The zero-order valence-electron chi connectivity index (χ0n) is 37.9. The first-order chi connectivity index (χ1) is 33.0. The molecule has 0 radical (unpaired) electrons. The topological polar surface area (TPSA) is 38.7 Å². The Morgan fingerprint density at radius 3 is 1.60 bits per heavy atom. The van der Waals surface area contributed by atoms with E-state index in [-0.39, 0.29) is 20.1 Å². The van der Waals surface area contributed by atoms with Gasteiger partial charge in [-0.25, -0.2) is 0 Å². The fourth-order valence-corrected chi connectivity index (χ4v) is 10.2. The van der Waals surface area contributed by atoms with E-state index in [0.717, 1.165) is 81.7 Å². The Labute approximate surface area is 416 Å². The van der Waals surface area contributed by atoms with Gasteiger partial charge in [-0.2, -0.15) is 0 Å². The zero-order valence-corrected chi connectivity index (χ0v) is 41.1. The van der Waals surface area contributed by atoms with Crippen molar-refractivity contribution < 1.29 is 20.1 Å². The fourth-order valence-electron chi connectivity index (χ4n) is 9.07. The Hall–Kier alpha value is -7.14. The van der Waals surface area contributed by atoms with E-state index in [1.165, 1.54) is 64.7 Å². The first-order valence-corrected chi connectivity index (χ1v) is 23.8. The van der Waals surface area contributed by atoms with Crippen molar-refractivity contribution in [2.45, 2.75) is 39.5 Å². The Kier molecular flexibility index (Phi) is 13.1. The molecule has 0 atom stereocenters. The summed E-state index contributed by atoms with van der Waals surface area (Å²) in [4.78, 5) is 14.0. The number of aromatic nitrogens is 3. The third kappa shape index (κ3) is 9.65. The summed E-state index contributed by atoms with van der Waals surface area (Å²) in [6.45, 7) is 4.13. The van der Waals surface area contributed by atoms with Crippen molar-refractivity contribution in [3.63, 3.8) is 0 Å². The quantitative estimate of drug-likeness (QED) is 0.114. The standard InChI is InChI=1S/C63H46N3S.Ir/c1-42-14-32-60(65-40-42)48-24-20-44(21-25-48)16-18-46-35-47(19-17-45-22-26-49(27-23-45)61-33-15-43(2)41-66-61)37-52(36-46)53-9-3-4-10-54(53)55-30-29-51(59-12-7-8-34-64-59)38-58(55)50-28-31-57-56-11-5-6-13-62(56)67-63(57)39-50;/h3-15,20-24,26,28,30-41H,16-19H2,1-2H3;/q-3;+3. The predicted octanol–water partition coefficient (Wildman–Crippen LogP) is 15.8. The number of rotatable bonds is 12. The molecule has 7 aromatic carbocycles. The summed E-state index contributed by atoms with van der Waals surface area (Å²) in [5.41, 5.74) is 20.3. The van der Waals surface area contributed by atoms with Gasteiger partial charge in [-0.1, -0.05) is 139 Å². The maximum Gasteiger partial charge on any atom is 3.00 e. The van der Waals surface area contributed by atoms with Crippen LogP contribution in [0.1, 0.15) is 33.4 Å². The van der Waals surface area contributed by atoms with Gasteiger partial charge in [0.15, 0.2) is 0 Å². The molecule has 4 heterocycles. The third-order valence-electron chi connectivity index (χ3n) is 12.7. The molecule has 4 aromatic heterocycles. The smallest absolute Gasteiger partial charge is 0.305 e. The van der Waals surface area contributed by atoms with Crippen LogP contribution in [0.15, 0.2) is 195 Å². The molecule has 0 N–H and O–H groups in total. The average molecular weight is 1070 g/mol. The van der Waals surface area contributed by atoms with Crippen molar-refractivity contribution in [1.82, 2.24) is 15.0 Å². The number of hydrogen-bond acceptors (Lipinski definition) is 4. The van der Waals surface area contributed by atoms with Gasteiger partial charge in [0.05, 0.1) is 0 Å². The molecule has 0 saturated heterocycles. The van der Waals surface area contributed by atoms with Gasteiger partial charge in [0, 0.05) is 38.8 Å². The molecular formula is C63H46IrN3S. The Balaban J connectivity index is 0.00000539. The van der Waals surface area contributed by atoms with Crippen LogP contribution in [0, 0.1) is 32.0 Å². The van der Waals surface area contributed by atoms with E-state index in [1.54, 1.807) is 0 Å². The van der Waals surface area contributed by atoms with Gasteiger partial charge in [0.2, 0.25) is 0 Å². The third-order valence-corrected chi connectivity index (χ3v) is 13.8. The minimum atomic E-state index is 0. The Morgan fingerprint density at radius 1 is 0.397 bits per heavy atom. The summed E-state index contributed by atoms with van der Waals surface area (Å²) in [6.07, 6.45) is 9.29. The number of benzene rings is 7. The van der Waals surface area contributed by atoms with E-state index in [1.807, 2.05) is 42.1 Å². The van der Waals surface area contributed by atoms with Crippen LogP contribution in [0.25, 0.3) is 87.3 Å². The number of hydrogen-bond donors (Lipinski definition) is 0. The van der Waals surface area contributed by atoms with E-state index in [9.17, 15) is 0 Å². The minimum Gasteiger partial charge on any atom is -0.305 e. The van der Waals surface area contributed by atoms with Crippen LogP contribution in [0.3, 0.4) is 0 Å². The van der Waals surface area contributed by atoms with Crippen LogP contribution >= 0.6 is 11.3 Å². The number of fused-ring (bicyclic) bond motifs is 3. The normalized spacial score (nSPS) is 11.2. The summed E-state index contributed by atoms with van der Waals surface area (Å²) in [7, 11) is 0. The summed E-state index contributed by atoms with van der Waals surface area (Å²) in [5.74, 6) is 0. The SMILES string of the molecule is Cc1ccc(-c2[c-]cc(CCc3cc(CCc4c[c-]c(-c5ccc(C)cn5)cc4)cc(-c4ccccc4-c4c[c-]c(-c5ccccn5)cc4-c4ccc5c(c4)sc4ccccc45)c3)cc2)nc1.[Ir+3]. The second-order valence-electron chi connectivity index (χ2n) is 17.4. The van der Waals surface area contributed by atoms with Crippen molar-refractivity contribution in [1.29, 1.82) is 0 Å². The number of thiophene rings is 1. The van der Waals surface area contributed by atoms with Crippen molar-refractivity contribution in [3.05, 3.63) is 246 Å². The largest absolute Gasteiger partial charge is 3.00 e. The van der Waals surface area contributed by atoms with E-state index >= 15 is 0 Å². The molecule has 0 aliphatic heterocycles. The molecule has 11 rings (SSSR count). The summed E-state index contributed by atoms with van der Waals surface area (Å²) in [6, 6.07) is 74.3. The molecule has 11 aromatic rings. The maximum absolute atomic E-state index is 4.73. The maximum atomic E-state index is 4.73. The molecule has 0 bridgehead atoms. The number of nitrogens with zero attached hydrogens (tertiary/aromatic N) is 3.